The second-order valence-electron chi connectivity index (χ2n) is 5.66. The lowest BCUT2D eigenvalue weighted by atomic mass is 10.2. The summed E-state index contributed by atoms with van der Waals surface area (Å²) in [6.07, 6.45) is -0.505. The van der Waals surface area contributed by atoms with Gasteiger partial charge in [0.1, 0.15) is 0 Å². The van der Waals surface area contributed by atoms with Crippen LogP contribution in [0.5, 0.6) is 11.5 Å². The van der Waals surface area contributed by atoms with Gasteiger partial charge in [-0.1, -0.05) is 13.8 Å². The fourth-order valence-corrected chi connectivity index (χ4v) is 2.25. The molecule has 1 aliphatic rings. The Hall–Kier alpha value is -1.46. The van der Waals surface area contributed by atoms with Crippen molar-refractivity contribution in [3.05, 3.63) is 18.2 Å². The number of anilines is 1. The van der Waals surface area contributed by atoms with Gasteiger partial charge in [-0.2, -0.15) is 0 Å². The van der Waals surface area contributed by atoms with Gasteiger partial charge in [0, 0.05) is 31.5 Å². The molecule has 21 heavy (non-hydrogen) atoms. The van der Waals surface area contributed by atoms with Crippen molar-refractivity contribution in [2.45, 2.75) is 26.9 Å². The molecular formula is C16H25NO4. The van der Waals surface area contributed by atoms with Crippen LogP contribution >= 0.6 is 0 Å². The predicted octanol–water partition coefficient (Wildman–Crippen LogP) is 2.28. The summed E-state index contributed by atoms with van der Waals surface area (Å²) >= 11 is 0. The van der Waals surface area contributed by atoms with E-state index in [2.05, 4.69) is 25.7 Å². The van der Waals surface area contributed by atoms with Crippen LogP contribution in [-0.2, 0) is 4.74 Å². The van der Waals surface area contributed by atoms with E-state index in [1.54, 1.807) is 0 Å². The predicted molar refractivity (Wildman–Crippen MR) is 82.1 cm³/mol. The Morgan fingerprint density at radius 3 is 2.71 bits per heavy atom. The van der Waals surface area contributed by atoms with E-state index in [0.717, 1.165) is 23.7 Å². The molecule has 1 atom stereocenters. The number of likely N-dealkylation sites (N-methyl/N-ethyl adjacent to an activating group) is 1. The summed E-state index contributed by atoms with van der Waals surface area (Å²) in [5.74, 6) is 2.01. The first-order chi connectivity index (χ1) is 10.1. The molecular weight excluding hydrogens is 270 g/mol. The Labute approximate surface area is 126 Å². The van der Waals surface area contributed by atoms with E-state index in [0.29, 0.717) is 25.7 Å². The molecule has 1 unspecified atom stereocenters. The number of aliphatic hydroxyl groups is 1. The summed E-state index contributed by atoms with van der Waals surface area (Å²) in [5, 5.41) is 10.1. The van der Waals surface area contributed by atoms with Crippen molar-refractivity contribution >= 4 is 5.69 Å². The van der Waals surface area contributed by atoms with Crippen LogP contribution in [0.1, 0.15) is 20.8 Å². The third-order valence-electron chi connectivity index (χ3n) is 3.30. The Kier molecular flexibility index (Phi) is 5.70. The highest BCUT2D eigenvalue weighted by Crippen LogP contribution is 2.35. The molecule has 1 heterocycles. The van der Waals surface area contributed by atoms with Gasteiger partial charge in [0.05, 0.1) is 12.7 Å². The lowest BCUT2D eigenvalue weighted by Gasteiger charge is -2.26. The monoisotopic (exact) mass is 295 g/mol. The summed E-state index contributed by atoms with van der Waals surface area (Å²) in [6.45, 7) is 8.90. The lowest BCUT2D eigenvalue weighted by molar-refractivity contribution is 0.0292. The van der Waals surface area contributed by atoms with Gasteiger partial charge in [0.15, 0.2) is 11.5 Å². The minimum absolute atomic E-state index is 0.274. The number of nitrogens with zero attached hydrogens (tertiary/aromatic N) is 1. The molecule has 0 spiro atoms. The van der Waals surface area contributed by atoms with E-state index >= 15 is 0 Å². The molecule has 0 amide bonds. The maximum atomic E-state index is 10.1. The minimum Gasteiger partial charge on any atom is -0.454 e. The Morgan fingerprint density at radius 2 is 2.00 bits per heavy atom. The van der Waals surface area contributed by atoms with Gasteiger partial charge in [-0.05, 0) is 25.0 Å². The van der Waals surface area contributed by atoms with Crippen molar-refractivity contribution in [3.8, 4) is 11.5 Å². The van der Waals surface area contributed by atoms with Gasteiger partial charge in [-0.25, -0.2) is 0 Å². The van der Waals surface area contributed by atoms with Gasteiger partial charge in [0.25, 0.3) is 0 Å². The average Bonchev–Trinajstić information content (AvgIpc) is 2.91. The Morgan fingerprint density at radius 1 is 1.24 bits per heavy atom. The zero-order valence-electron chi connectivity index (χ0n) is 13.0. The van der Waals surface area contributed by atoms with Crippen LogP contribution in [0.25, 0.3) is 0 Å². The van der Waals surface area contributed by atoms with E-state index in [9.17, 15) is 5.11 Å². The molecule has 0 saturated heterocycles. The molecule has 1 aromatic carbocycles. The van der Waals surface area contributed by atoms with Gasteiger partial charge < -0.3 is 24.2 Å². The first-order valence-electron chi connectivity index (χ1n) is 7.50. The molecule has 2 rings (SSSR count). The van der Waals surface area contributed by atoms with Crippen molar-refractivity contribution < 1.29 is 19.3 Å². The number of hydrogen-bond acceptors (Lipinski definition) is 5. The fourth-order valence-electron chi connectivity index (χ4n) is 2.25. The Balaban J connectivity index is 1.90. The number of fused-ring (bicyclic) bond motifs is 1. The Bertz CT molecular complexity index is 450. The molecule has 0 fully saturated rings. The molecule has 1 N–H and O–H groups in total. The molecule has 0 bridgehead atoms. The van der Waals surface area contributed by atoms with Crippen molar-refractivity contribution in [1.29, 1.82) is 0 Å². The molecule has 0 saturated carbocycles. The maximum absolute atomic E-state index is 10.1. The van der Waals surface area contributed by atoms with Gasteiger partial charge >= 0.3 is 0 Å². The van der Waals surface area contributed by atoms with Crippen LogP contribution in [0.2, 0.25) is 0 Å². The molecule has 118 valence electrons. The van der Waals surface area contributed by atoms with E-state index in [1.807, 2.05) is 18.2 Å². The van der Waals surface area contributed by atoms with Crippen molar-refractivity contribution in [2.24, 2.45) is 5.92 Å². The number of aliphatic hydroxyl groups excluding tert-OH is 1. The highest BCUT2D eigenvalue weighted by atomic mass is 16.7. The largest absolute Gasteiger partial charge is 0.454 e. The highest BCUT2D eigenvalue weighted by molar-refractivity contribution is 5.57. The number of rotatable bonds is 8. The first kappa shape index (κ1) is 15.9. The third-order valence-corrected chi connectivity index (χ3v) is 3.30. The molecule has 1 aliphatic heterocycles. The molecule has 0 radical (unpaired) electrons. The summed E-state index contributed by atoms with van der Waals surface area (Å²) in [6, 6.07) is 5.84. The van der Waals surface area contributed by atoms with Crippen molar-refractivity contribution in [1.82, 2.24) is 0 Å². The second kappa shape index (κ2) is 7.52. The van der Waals surface area contributed by atoms with Crippen LogP contribution in [0, 0.1) is 5.92 Å². The summed E-state index contributed by atoms with van der Waals surface area (Å²) in [5.41, 5.74) is 1.02. The van der Waals surface area contributed by atoms with Crippen molar-refractivity contribution in [3.63, 3.8) is 0 Å². The van der Waals surface area contributed by atoms with Crippen LogP contribution in [0.3, 0.4) is 0 Å². The van der Waals surface area contributed by atoms with Gasteiger partial charge in [0.2, 0.25) is 6.79 Å². The SMILES string of the molecule is CCN(CC(O)COCC(C)C)c1ccc2c(c1)OCO2. The molecule has 5 heteroatoms. The fraction of sp³-hybridized carbons (Fsp3) is 0.625. The third kappa shape index (κ3) is 4.51. The van der Waals surface area contributed by atoms with Gasteiger partial charge in [-0.3, -0.25) is 0 Å². The van der Waals surface area contributed by atoms with Crippen LogP contribution in [-0.4, -0.2) is 44.3 Å². The second-order valence-corrected chi connectivity index (χ2v) is 5.66. The maximum Gasteiger partial charge on any atom is 0.231 e. The standard InChI is InChI=1S/C16H25NO4/c1-4-17(8-14(18)10-19-9-12(2)3)13-5-6-15-16(7-13)21-11-20-15/h5-7,12,14,18H,4,8-11H2,1-3H3. The average molecular weight is 295 g/mol. The molecule has 5 nitrogen and oxygen atoms in total. The minimum atomic E-state index is -0.505. The van der Waals surface area contributed by atoms with E-state index in [4.69, 9.17) is 14.2 Å². The molecule has 0 aliphatic carbocycles. The lowest BCUT2D eigenvalue weighted by Crippen LogP contribution is -2.35. The summed E-state index contributed by atoms with van der Waals surface area (Å²) in [7, 11) is 0. The van der Waals surface area contributed by atoms with Crippen LogP contribution in [0.15, 0.2) is 18.2 Å². The normalized spacial score (nSPS) is 14.5. The van der Waals surface area contributed by atoms with Crippen LogP contribution in [0.4, 0.5) is 5.69 Å². The highest BCUT2D eigenvalue weighted by Gasteiger charge is 2.17. The summed E-state index contributed by atoms with van der Waals surface area (Å²) < 4.78 is 16.2. The van der Waals surface area contributed by atoms with E-state index in [-0.39, 0.29) is 6.79 Å². The van der Waals surface area contributed by atoms with E-state index < -0.39 is 6.10 Å². The van der Waals surface area contributed by atoms with Crippen LogP contribution < -0.4 is 14.4 Å². The first-order valence-corrected chi connectivity index (χ1v) is 7.50. The van der Waals surface area contributed by atoms with E-state index in [1.165, 1.54) is 0 Å². The smallest absolute Gasteiger partial charge is 0.231 e. The molecule has 1 aromatic rings. The zero-order chi connectivity index (χ0) is 15.2. The number of benzene rings is 1. The summed E-state index contributed by atoms with van der Waals surface area (Å²) in [4.78, 5) is 2.10. The van der Waals surface area contributed by atoms with Gasteiger partial charge in [-0.15, -0.1) is 0 Å². The number of hydrogen-bond donors (Lipinski definition) is 1. The zero-order valence-corrected chi connectivity index (χ0v) is 13.0. The topological polar surface area (TPSA) is 51.2 Å². The van der Waals surface area contributed by atoms with Crippen molar-refractivity contribution in [2.75, 3.05) is 38.0 Å². The number of ether oxygens (including phenoxy) is 3. The molecule has 0 aromatic heterocycles. The quantitative estimate of drug-likeness (QED) is 0.797.